The molecule has 0 bridgehead atoms. The van der Waals surface area contributed by atoms with Crippen LogP contribution in [0.15, 0.2) is 36.4 Å². The highest BCUT2D eigenvalue weighted by atomic mass is 35.5. The van der Waals surface area contributed by atoms with Crippen LogP contribution in [0.4, 0.5) is 5.69 Å². The number of halogens is 1. The second kappa shape index (κ2) is 8.81. The predicted molar refractivity (Wildman–Crippen MR) is 112 cm³/mol. The van der Waals surface area contributed by atoms with Crippen molar-refractivity contribution in [2.24, 2.45) is 5.92 Å². The van der Waals surface area contributed by atoms with Crippen molar-refractivity contribution < 1.29 is 9.53 Å². The molecule has 1 saturated carbocycles. The van der Waals surface area contributed by atoms with Crippen molar-refractivity contribution >= 4 is 34.8 Å². The van der Waals surface area contributed by atoms with E-state index in [0.29, 0.717) is 5.92 Å². The molecule has 0 aromatic heterocycles. The highest BCUT2D eigenvalue weighted by Crippen LogP contribution is 2.31. The van der Waals surface area contributed by atoms with E-state index < -0.39 is 0 Å². The summed E-state index contributed by atoms with van der Waals surface area (Å²) in [5.41, 5.74) is 1.28. The second-order valence-electron chi connectivity index (χ2n) is 7.26. The van der Waals surface area contributed by atoms with Crippen LogP contribution in [-0.4, -0.2) is 57.2 Å². The summed E-state index contributed by atoms with van der Waals surface area (Å²) in [7, 11) is 1.71. The topological polar surface area (TPSA) is 44.8 Å². The van der Waals surface area contributed by atoms with E-state index in [2.05, 4.69) is 45.4 Å². The van der Waals surface area contributed by atoms with Gasteiger partial charge >= 0.3 is 0 Å². The van der Waals surface area contributed by atoms with Crippen LogP contribution < -0.4 is 15.0 Å². The first-order valence-corrected chi connectivity index (χ1v) is 9.56. The van der Waals surface area contributed by atoms with E-state index in [0.717, 1.165) is 57.9 Å². The van der Waals surface area contributed by atoms with Crippen LogP contribution in [0, 0.1) is 5.92 Å². The van der Waals surface area contributed by atoms with Gasteiger partial charge < -0.3 is 15.0 Å². The minimum Gasteiger partial charge on any atom is -0.497 e. The van der Waals surface area contributed by atoms with E-state index in [1.165, 1.54) is 16.5 Å². The lowest BCUT2D eigenvalue weighted by Gasteiger charge is -2.36. The largest absolute Gasteiger partial charge is 0.497 e. The Morgan fingerprint density at radius 2 is 1.93 bits per heavy atom. The molecule has 0 atom stereocenters. The number of nitrogens with zero attached hydrogens (tertiary/aromatic N) is 2. The molecule has 2 aliphatic rings. The van der Waals surface area contributed by atoms with Gasteiger partial charge in [-0.15, -0.1) is 12.4 Å². The molecule has 1 aliphatic carbocycles. The van der Waals surface area contributed by atoms with Crippen molar-refractivity contribution in [3.8, 4) is 5.75 Å². The molecular formula is C21H28ClN3O2. The number of benzene rings is 2. The van der Waals surface area contributed by atoms with Crippen molar-refractivity contribution in [3.05, 3.63) is 36.4 Å². The Morgan fingerprint density at radius 3 is 2.63 bits per heavy atom. The Bertz CT molecular complexity index is 786. The first kappa shape index (κ1) is 19.8. The number of ether oxygens (including phenoxy) is 1. The van der Waals surface area contributed by atoms with Gasteiger partial charge in [0.1, 0.15) is 5.75 Å². The number of hydrogen-bond donors (Lipinski definition) is 1. The Balaban J connectivity index is 0.00000210. The zero-order valence-electron chi connectivity index (χ0n) is 15.8. The minimum atomic E-state index is 0. The lowest BCUT2D eigenvalue weighted by Crippen LogP contribution is -2.48. The van der Waals surface area contributed by atoms with E-state index in [-0.39, 0.29) is 18.3 Å². The lowest BCUT2D eigenvalue weighted by molar-refractivity contribution is -0.122. The first-order chi connectivity index (χ1) is 12.7. The van der Waals surface area contributed by atoms with E-state index in [9.17, 15) is 4.79 Å². The van der Waals surface area contributed by atoms with E-state index >= 15 is 0 Å². The molecule has 2 fully saturated rings. The molecule has 27 heavy (non-hydrogen) atoms. The Labute approximate surface area is 167 Å². The summed E-state index contributed by atoms with van der Waals surface area (Å²) in [4.78, 5) is 16.6. The standard InChI is InChI=1S/C21H27N3O2.ClH/c1-26-18-8-7-16-3-2-4-20(19(16)15-18)24-13-11-23(12-14-24)10-9-22-21(25)17-5-6-17;/h2-4,7-8,15,17H,5-6,9-14H2,1H3,(H,22,25);1H. The maximum atomic E-state index is 11.7. The summed E-state index contributed by atoms with van der Waals surface area (Å²) >= 11 is 0. The molecule has 146 valence electrons. The Hall–Kier alpha value is -1.98. The number of fused-ring (bicyclic) bond motifs is 1. The summed E-state index contributed by atoms with van der Waals surface area (Å²) in [5.74, 6) is 1.44. The number of carbonyl (C=O) groups excluding carboxylic acids is 1. The third-order valence-corrected chi connectivity index (χ3v) is 5.45. The van der Waals surface area contributed by atoms with Gasteiger partial charge in [0, 0.05) is 56.3 Å². The summed E-state index contributed by atoms with van der Waals surface area (Å²) in [6.45, 7) is 5.77. The number of piperazine rings is 1. The van der Waals surface area contributed by atoms with Crippen LogP contribution in [0.2, 0.25) is 0 Å². The summed E-state index contributed by atoms with van der Waals surface area (Å²) in [5, 5.41) is 5.55. The van der Waals surface area contributed by atoms with Gasteiger partial charge in [-0.2, -0.15) is 0 Å². The second-order valence-corrected chi connectivity index (χ2v) is 7.26. The average Bonchev–Trinajstić information content (AvgIpc) is 3.53. The molecule has 0 unspecified atom stereocenters. The van der Waals surface area contributed by atoms with E-state index in [4.69, 9.17) is 4.74 Å². The Morgan fingerprint density at radius 1 is 1.15 bits per heavy atom. The molecule has 5 nitrogen and oxygen atoms in total. The van der Waals surface area contributed by atoms with Crippen LogP contribution in [0.25, 0.3) is 10.8 Å². The van der Waals surface area contributed by atoms with Crippen LogP contribution in [0.1, 0.15) is 12.8 Å². The molecule has 2 aromatic rings. The highest BCUT2D eigenvalue weighted by Gasteiger charge is 2.29. The normalized spacial score (nSPS) is 17.4. The third-order valence-electron chi connectivity index (χ3n) is 5.45. The number of rotatable bonds is 6. The molecule has 0 radical (unpaired) electrons. The molecule has 1 saturated heterocycles. The van der Waals surface area contributed by atoms with Crippen molar-refractivity contribution in [3.63, 3.8) is 0 Å². The smallest absolute Gasteiger partial charge is 0.223 e. The first-order valence-electron chi connectivity index (χ1n) is 9.56. The molecule has 1 amide bonds. The molecule has 1 aliphatic heterocycles. The molecule has 1 N–H and O–H groups in total. The SMILES string of the molecule is COc1ccc2cccc(N3CCN(CCNC(=O)C4CC4)CC3)c2c1.Cl. The number of methoxy groups -OCH3 is 1. The fourth-order valence-electron chi connectivity index (χ4n) is 3.68. The molecule has 4 rings (SSSR count). The van der Waals surface area contributed by atoms with Gasteiger partial charge in [-0.05, 0) is 36.4 Å². The number of carbonyl (C=O) groups is 1. The van der Waals surface area contributed by atoms with Crippen LogP contribution in [0.5, 0.6) is 5.75 Å². The van der Waals surface area contributed by atoms with Gasteiger partial charge in [0.2, 0.25) is 5.91 Å². The van der Waals surface area contributed by atoms with Crippen molar-refractivity contribution in [1.82, 2.24) is 10.2 Å². The van der Waals surface area contributed by atoms with Gasteiger partial charge in [-0.25, -0.2) is 0 Å². The number of anilines is 1. The molecule has 6 heteroatoms. The van der Waals surface area contributed by atoms with Gasteiger partial charge in [0.05, 0.1) is 7.11 Å². The summed E-state index contributed by atoms with van der Waals surface area (Å²) in [6.07, 6.45) is 2.14. The van der Waals surface area contributed by atoms with Crippen molar-refractivity contribution in [2.75, 3.05) is 51.3 Å². The predicted octanol–water partition coefficient (Wildman–Crippen LogP) is 2.92. The summed E-state index contributed by atoms with van der Waals surface area (Å²) in [6, 6.07) is 12.7. The minimum absolute atomic E-state index is 0. The summed E-state index contributed by atoms with van der Waals surface area (Å²) < 4.78 is 5.41. The van der Waals surface area contributed by atoms with E-state index in [1.807, 2.05) is 6.07 Å². The van der Waals surface area contributed by atoms with Crippen molar-refractivity contribution in [1.29, 1.82) is 0 Å². The molecular weight excluding hydrogens is 362 g/mol. The van der Waals surface area contributed by atoms with Gasteiger partial charge in [-0.1, -0.05) is 18.2 Å². The Kier molecular flexibility index (Phi) is 6.45. The fraction of sp³-hybridized carbons (Fsp3) is 0.476. The number of nitrogens with one attached hydrogen (secondary N) is 1. The zero-order valence-corrected chi connectivity index (χ0v) is 16.6. The lowest BCUT2D eigenvalue weighted by atomic mass is 10.1. The fourth-order valence-corrected chi connectivity index (χ4v) is 3.68. The quantitative estimate of drug-likeness (QED) is 0.825. The van der Waals surface area contributed by atoms with E-state index in [1.54, 1.807) is 7.11 Å². The monoisotopic (exact) mass is 389 g/mol. The van der Waals surface area contributed by atoms with Gasteiger partial charge in [-0.3, -0.25) is 9.69 Å². The zero-order chi connectivity index (χ0) is 17.9. The van der Waals surface area contributed by atoms with Crippen LogP contribution in [-0.2, 0) is 4.79 Å². The number of hydrogen-bond acceptors (Lipinski definition) is 4. The highest BCUT2D eigenvalue weighted by molar-refractivity contribution is 5.95. The maximum Gasteiger partial charge on any atom is 0.223 e. The molecule has 0 spiro atoms. The van der Waals surface area contributed by atoms with Gasteiger partial charge in [0.25, 0.3) is 0 Å². The third kappa shape index (κ3) is 4.66. The maximum absolute atomic E-state index is 11.7. The van der Waals surface area contributed by atoms with Gasteiger partial charge in [0.15, 0.2) is 0 Å². The molecule has 1 heterocycles. The van der Waals surface area contributed by atoms with Crippen LogP contribution in [0.3, 0.4) is 0 Å². The average molecular weight is 390 g/mol. The molecule has 2 aromatic carbocycles. The van der Waals surface area contributed by atoms with Crippen molar-refractivity contribution in [2.45, 2.75) is 12.8 Å². The van der Waals surface area contributed by atoms with Crippen LogP contribution >= 0.6 is 12.4 Å². The number of amides is 1.